The molecule has 0 bridgehead atoms. The summed E-state index contributed by atoms with van der Waals surface area (Å²) in [6.07, 6.45) is 5.11. The molecule has 2 aliphatic heterocycles. The Balaban J connectivity index is 1.20. The van der Waals surface area contributed by atoms with Crippen LogP contribution in [0.15, 0.2) is 42.5 Å². The molecule has 3 amide bonds. The number of rotatable bonds is 15. The molecule has 1 aliphatic carbocycles. The summed E-state index contributed by atoms with van der Waals surface area (Å²) < 4.78 is 16.2. The lowest BCUT2D eigenvalue weighted by molar-refractivity contribution is -0.142. The van der Waals surface area contributed by atoms with Gasteiger partial charge in [-0.1, -0.05) is 31.0 Å². The summed E-state index contributed by atoms with van der Waals surface area (Å²) >= 11 is 0. The standard InChI is InChI=1S/C32H42N4O6/c1-22(37)35-32(19-24-7-8-24)13-16-36(31(32)39)27(11-9-23-10-12-28-29(18-23)42-21-41-28)30(38)34-15-4-14-33-20-25-5-3-6-26(17-25)40-2/h3,5-6,10,12,17-18,24,27,33H,4,7-9,11,13-16,19-21H2,1-2H3,(H,34,38)(H,35,37)/t27?,32-/m0/s1. The summed E-state index contributed by atoms with van der Waals surface area (Å²) in [6.45, 7) is 4.02. The lowest BCUT2D eigenvalue weighted by Crippen LogP contribution is -2.57. The highest BCUT2D eigenvalue weighted by atomic mass is 16.7. The van der Waals surface area contributed by atoms with Crippen molar-refractivity contribution in [1.82, 2.24) is 20.9 Å². The van der Waals surface area contributed by atoms with Gasteiger partial charge in [-0.2, -0.15) is 0 Å². The third-order valence-corrected chi connectivity index (χ3v) is 8.31. The minimum absolute atomic E-state index is 0.143. The van der Waals surface area contributed by atoms with Crippen LogP contribution < -0.4 is 30.2 Å². The van der Waals surface area contributed by atoms with E-state index in [1.54, 1.807) is 12.0 Å². The molecule has 0 spiro atoms. The number of amides is 3. The molecule has 2 fully saturated rings. The normalized spacial score (nSPS) is 20.0. The highest BCUT2D eigenvalue weighted by Crippen LogP contribution is 2.41. The average molecular weight is 579 g/mol. The minimum atomic E-state index is -0.922. The first kappa shape index (κ1) is 29.7. The topological polar surface area (TPSA) is 118 Å². The molecule has 0 aromatic heterocycles. The quantitative estimate of drug-likeness (QED) is 0.278. The molecule has 5 rings (SSSR count). The maximum atomic E-state index is 13.9. The van der Waals surface area contributed by atoms with E-state index in [4.69, 9.17) is 14.2 Å². The number of hydrogen-bond acceptors (Lipinski definition) is 7. The molecule has 2 heterocycles. The largest absolute Gasteiger partial charge is 0.497 e. The van der Waals surface area contributed by atoms with Crippen LogP contribution in [-0.2, 0) is 27.3 Å². The molecule has 1 saturated carbocycles. The second-order valence-corrected chi connectivity index (χ2v) is 11.6. The second-order valence-electron chi connectivity index (χ2n) is 11.6. The van der Waals surface area contributed by atoms with E-state index in [-0.39, 0.29) is 24.5 Å². The fourth-order valence-electron chi connectivity index (χ4n) is 5.99. The highest BCUT2D eigenvalue weighted by molar-refractivity contribution is 5.96. The number of fused-ring (bicyclic) bond motifs is 1. The Bertz CT molecular complexity index is 1280. The van der Waals surface area contributed by atoms with Gasteiger partial charge in [-0.3, -0.25) is 14.4 Å². The van der Waals surface area contributed by atoms with Crippen molar-refractivity contribution in [3.63, 3.8) is 0 Å². The summed E-state index contributed by atoms with van der Waals surface area (Å²) in [5.41, 5.74) is 1.22. The van der Waals surface area contributed by atoms with Crippen LogP contribution in [0.2, 0.25) is 0 Å². The predicted molar refractivity (Wildman–Crippen MR) is 157 cm³/mol. The number of hydrogen-bond donors (Lipinski definition) is 3. The number of methoxy groups -OCH3 is 1. The molecule has 2 aromatic rings. The molecule has 2 atom stereocenters. The van der Waals surface area contributed by atoms with Crippen molar-refractivity contribution >= 4 is 17.7 Å². The Hall–Kier alpha value is -3.79. The van der Waals surface area contributed by atoms with Gasteiger partial charge in [0.05, 0.1) is 7.11 Å². The number of carbonyl (C=O) groups is 3. The molecule has 2 aromatic carbocycles. The van der Waals surface area contributed by atoms with Crippen molar-refractivity contribution in [3.05, 3.63) is 53.6 Å². The lowest BCUT2D eigenvalue weighted by atomic mass is 9.90. The van der Waals surface area contributed by atoms with E-state index in [0.29, 0.717) is 62.7 Å². The molecular weight excluding hydrogens is 536 g/mol. The summed E-state index contributed by atoms with van der Waals surface area (Å²) in [6, 6.07) is 13.1. The summed E-state index contributed by atoms with van der Waals surface area (Å²) in [5, 5.41) is 9.46. The molecule has 226 valence electrons. The molecule has 42 heavy (non-hydrogen) atoms. The predicted octanol–water partition coefficient (Wildman–Crippen LogP) is 2.93. The van der Waals surface area contributed by atoms with E-state index in [0.717, 1.165) is 42.7 Å². The SMILES string of the molecule is COc1cccc(CNCCCNC(=O)C(CCc2ccc3c(c2)OCO3)N2CC[C@@](CC3CC3)(NC(C)=O)C2=O)c1. The number of nitrogens with one attached hydrogen (secondary N) is 3. The monoisotopic (exact) mass is 578 g/mol. The van der Waals surface area contributed by atoms with E-state index in [9.17, 15) is 14.4 Å². The Morgan fingerprint density at radius 2 is 1.93 bits per heavy atom. The molecule has 3 N–H and O–H groups in total. The van der Waals surface area contributed by atoms with Gasteiger partial charge in [0.15, 0.2) is 11.5 Å². The molecule has 10 heteroatoms. The number of benzene rings is 2. The smallest absolute Gasteiger partial charge is 0.249 e. The van der Waals surface area contributed by atoms with E-state index in [1.165, 1.54) is 6.92 Å². The Labute approximate surface area is 247 Å². The third-order valence-electron chi connectivity index (χ3n) is 8.31. The van der Waals surface area contributed by atoms with Crippen molar-refractivity contribution < 1.29 is 28.6 Å². The first-order valence-electron chi connectivity index (χ1n) is 15.0. The first-order chi connectivity index (χ1) is 20.4. The summed E-state index contributed by atoms with van der Waals surface area (Å²) in [7, 11) is 1.65. The zero-order valence-corrected chi connectivity index (χ0v) is 24.6. The van der Waals surface area contributed by atoms with E-state index in [2.05, 4.69) is 16.0 Å². The van der Waals surface area contributed by atoms with Crippen LogP contribution in [0.1, 0.15) is 56.6 Å². The zero-order valence-electron chi connectivity index (χ0n) is 24.6. The first-order valence-corrected chi connectivity index (χ1v) is 15.0. The zero-order chi connectivity index (χ0) is 29.5. The molecule has 0 radical (unpaired) electrons. The molecule has 1 unspecified atom stereocenters. The second kappa shape index (κ2) is 13.5. The number of ether oxygens (including phenoxy) is 3. The fourth-order valence-corrected chi connectivity index (χ4v) is 5.99. The van der Waals surface area contributed by atoms with E-state index >= 15 is 0 Å². The van der Waals surface area contributed by atoms with Crippen LogP contribution in [-0.4, -0.2) is 67.7 Å². The van der Waals surface area contributed by atoms with Gasteiger partial charge in [-0.15, -0.1) is 0 Å². The third kappa shape index (κ3) is 7.34. The molecular formula is C32H42N4O6. The summed E-state index contributed by atoms with van der Waals surface area (Å²) in [5.74, 6) is 2.16. The van der Waals surface area contributed by atoms with Crippen LogP contribution in [0.5, 0.6) is 17.2 Å². The van der Waals surface area contributed by atoms with E-state index < -0.39 is 11.6 Å². The maximum absolute atomic E-state index is 13.9. The summed E-state index contributed by atoms with van der Waals surface area (Å²) in [4.78, 5) is 41.3. The van der Waals surface area contributed by atoms with Gasteiger partial charge in [-0.25, -0.2) is 0 Å². The van der Waals surface area contributed by atoms with Crippen LogP contribution >= 0.6 is 0 Å². The molecule has 1 saturated heterocycles. The number of aryl methyl sites for hydroxylation is 1. The van der Waals surface area contributed by atoms with Gasteiger partial charge in [0.2, 0.25) is 24.5 Å². The van der Waals surface area contributed by atoms with E-state index in [1.807, 2.05) is 42.5 Å². The van der Waals surface area contributed by atoms with Crippen molar-refractivity contribution in [2.75, 3.05) is 33.5 Å². The van der Waals surface area contributed by atoms with Crippen molar-refractivity contribution in [3.8, 4) is 17.2 Å². The Morgan fingerprint density at radius 3 is 2.71 bits per heavy atom. The molecule has 3 aliphatic rings. The van der Waals surface area contributed by atoms with Crippen LogP contribution in [0.4, 0.5) is 0 Å². The number of likely N-dealkylation sites (tertiary alicyclic amines) is 1. The minimum Gasteiger partial charge on any atom is -0.497 e. The van der Waals surface area contributed by atoms with Crippen LogP contribution in [0, 0.1) is 5.92 Å². The van der Waals surface area contributed by atoms with Crippen LogP contribution in [0.25, 0.3) is 0 Å². The fraction of sp³-hybridized carbons (Fsp3) is 0.531. The van der Waals surface area contributed by atoms with Gasteiger partial charge in [0, 0.05) is 26.6 Å². The maximum Gasteiger partial charge on any atom is 0.249 e. The van der Waals surface area contributed by atoms with Crippen molar-refractivity contribution in [2.24, 2.45) is 5.92 Å². The van der Waals surface area contributed by atoms with Crippen LogP contribution in [0.3, 0.4) is 0 Å². The van der Waals surface area contributed by atoms with Crippen molar-refractivity contribution in [2.45, 2.75) is 70.0 Å². The van der Waals surface area contributed by atoms with Gasteiger partial charge in [0.1, 0.15) is 17.3 Å². The van der Waals surface area contributed by atoms with Crippen molar-refractivity contribution in [1.29, 1.82) is 0 Å². The van der Waals surface area contributed by atoms with Gasteiger partial charge in [0.25, 0.3) is 0 Å². The Kier molecular flexibility index (Phi) is 9.51. The lowest BCUT2D eigenvalue weighted by Gasteiger charge is -2.32. The number of nitrogens with zero attached hydrogens (tertiary/aromatic N) is 1. The average Bonchev–Trinajstić information content (AvgIpc) is 3.58. The van der Waals surface area contributed by atoms with Gasteiger partial charge < -0.3 is 35.1 Å². The highest BCUT2D eigenvalue weighted by Gasteiger charge is 2.52. The molecule has 10 nitrogen and oxygen atoms in total. The van der Waals surface area contributed by atoms with Gasteiger partial charge >= 0.3 is 0 Å². The van der Waals surface area contributed by atoms with Gasteiger partial charge in [-0.05, 0) is 80.0 Å². The Morgan fingerprint density at radius 1 is 1.10 bits per heavy atom. The number of carbonyl (C=O) groups excluding carboxylic acids is 3.